The molecule has 1 amide bonds. The van der Waals surface area contributed by atoms with E-state index in [1.807, 2.05) is 55.5 Å². The van der Waals surface area contributed by atoms with Crippen LogP contribution >= 0.6 is 47.4 Å². The van der Waals surface area contributed by atoms with Crippen molar-refractivity contribution in [1.82, 2.24) is 20.6 Å². The summed E-state index contributed by atoms with van der Waals surface area (Å²) in [6, 6.07) is 16.1. The Hall–Kier alpha value is -1.83. The smallest absolute Gasteiger partial charge is 0.230 e. The van der Waals surface area contributed by atoms with Crippen molar-refractivity contribution < 1.29 is 4.79 Å². The van der Waals surface area contributed by atoms with Gasteiger partial charge in [0, 0.05) is 30.0 Å². The second-order valence-electron chi connectivity index (χ2n) is 8.33. The van der Waals surface area contributed by atoms with Gasteiger partial charge in [0.15, 0.2) is 5.16 Å². The van der Waals surface area contributed by atoms with Gasteiger partial charge in [-0.3, -0.25) is 4.79 Å². The van der Waals surface area contributed by atoms with Gasteiger partial charge in [-0.1, -0.05) is 71.4 Å². The number of amides is 1. The summed E-state index contributed by atoms with van der Waals surface area (Å²) in [4.78, 5) is 21.2. The largest absolute Gasteiger partial charge is 0.351 e. The minimum atomic E-state index is -0.0158. The molecule has 0 spiro atoms. The van der Waals surface area contributed by atoms with Crippen LogP contribution in [-0.2, 0) is 11.2 Å². The highest BCUT2D eigenvalue weighted by Gasteiger charge is 2.29. The van der Waals surface area contributed by atoms with Crippen molar-refractivity contribution in [3.05, 3.63) is 76.5 Å². The molecule has 1 saturated heterocycles. The molecule has 1 fully saturated rings. The number of benzene rings is 2. The minimum absolute atomic E-state index is 0. The average Bonchev–Trinajstić information content (AvgIpc) is 3.30. The van der Waals surface area contributed by atoms with E-state index >= 15 is 0 Å². The number of carbonyl (C=O) groups is 1. The Labute approximate surface area is 220 Å². The maximum absolute atomic E-state index is 12.5. The van der Waals surface area contributed by atoms with Crippen LogP contribution in [0.4, 0.5) is 0 Å². The maximum Gasteiger partial charge on any atom is 0.230 e. The third-order valence-corrected chi connectivity index (χ3v) is 7.44. The zero-order valence-corrected chi connectivity index (χ0v) is 21.9. The topological polar surface area (TPSA) is 66.9 Å². The lowest BCUT2D eigenvalue weighted by Gasteiger charge is -2.21. The van der Waals surface area contributed by atoms with Gasteiger partial charge >= 0.3 is 0 Å². The summed E-state index contributed by atoms with van der Waals surface area (Å²) < 4.78 is 0. The third kappa shape index (κ3) is 7.33. The molecule has 1 unspecified atom stereocenters. The number of thioether (sulfide) groups is 1. The Morgan fingerprint density at radius 3 is 2.56 bits per heavy atom. The van der Waals surface area contributed by atoms with Gasteiger partial charge < -0.3 is 10.6 Å². The van der Waals surface area contributed by atoms with Crippen molar-refractivity contribution in [2.75, 3.05) is 12.3 Å². The number of nitrogens with zero attached hydrogens (tertiary/aromatic N) is 2. The maximum atomic E-state index is 12.5. The van der Waals surface area contributed by atoms with Gasteiger partial charge in [0.25, 0.3) is 0 Å². The first-order valence-corrected chi connectivity index (χ1v) is 12.7. The van der Waals surface area contributed by atoms with Crippen molar-refractivity contribution in [1.29, 1.82) is 0 Å². The van der Waals surface area contributed by atoms with E-state index in [4.69, 9.17) is 23.2 Å². The Bertz CT molecular complexity index is 1090. The normalized spacial score (nSPS) is 18.2. The van der Waals surface area contributed by atoms with Crippen molar-refractivity contribution in [3.8, 4) is 11.1 Å². The number of aromatic nitrogens is 2. The van der Waals surface area contributed by atoms with Gasteiger partial charge in [-0.05, 0) is 55.5 Å². The highest BCUT2D eigenvalue weighted by atomic mass is 35.5. The summed E-state index contributed by atoms with van der Waals surface area (Å²) in [5.74, 6) is 0.768. The molecule has 3 atom stereocenters. The van der Waals surface area contributed by atoms with Crippen LogP contribution < -0.4 is 10.6 Å². The lowest BCUT2D eigenvalue weighted by Crippen LogP contribution is -2.46. The summed E-state index contributed by atoms with van der Waals surface area (Å²) in [7, 11) is 0. The van der Waals surface area contributed by atoms with E-state index in [9.17, 15) is 4.79 Å². The molecule has 3 aromatic rings. The molecule has 0 aliphatic carbocycles. The highest BCUT2D eigenvalue weighted by Crippen LogP contribution is 2.26. The van der Waals surface area contributed by atoms with Crippen LogP contribution in [0.5, 0.6) is 0 Å². The van der Waals surface area contributed by atoms with Crippen LogP contribution in [0, 0.1) is 5.92 Å². The number of rotatable bonds is 8. The zero-order chi connectivity index (χ0) is 23.2. The molecule has 0 radical (unpaired) electrons. The fraction of sp³-hybridized carbons (Fsp3) is 0.320. The van der Waals surface area contributed by atoms with E-state index in [2.05, 4.69) is 20.6 Å². The van der Waals surface area contributed by atoms with Crippen LogP contribution in [0.3, 0.4) is 0 Å². The molecule has 180 valence electrons. The van der Waals surface area contributed by atoms with E-state index in [0.29, 0.717) is 21.1 Å². The lowest BCUT2D eigenvalue weighted by molar-refractivity contribution is -0.119. The van der Waals surface area contributed by atoms with Crippen LogP contribution in [0.25, 0.3) is 11.1 Å². The zero-order valence-electron chi connectivity index (χ0n) is 18.7. The van der Waals surface area contributed by atoms with Gasteiger partial charge in [-0.15, -0.1) is 12.4 Å². The van der Waals surface area contributed by atoms with Crippen molar-refractivity contribution in [2.24, 2.45) is 5.92 Å². The molecule has 34 heavy (non-hydrogen) atoms. The average molecular weight is 538 g/mol. The Balaban J connectivity index is 0.00000324. The fourth-order valence-electron chi connectivity index (χ4n) is 4.08. The first-order valence-electron chi connectivity index (χ1n) is 10.9. The molecule has 1 aliphatic heterocycles. The quantitative estimate of drug-likeness (QED) is 0.285. The molecule has 2 aromatic carbocycles. The van der Waals surface area contributed by atoms with Crippen LogP contribution in [-0.4, -0.2) is 40.3 Å². The van der Waals surface area contributed by atoms with Crippen LogP contribution in [0.2, 0.25) is 10.0 Å². The number of hydrogen-bond acceptors (Lipinski definition) is 5. The molecule has 4 rings (SSSR count). The van der Waals surface area contributed by atoms with Gasteiger partial charge in [0.1, 0.15) is 0 Å². The van der Waals surface area contributed by atoms with Crippen molar-refractivity contribution in [2.45, 2.75) is 37.0 Å². The second kappa shape index (κ2) is 12.8. The van der Waals surface area contributed by atoms with Crippen LogP contribution in [0.1, 0.15) is 18.9 Å². The molecule has 5 nitrogen and oxygen atoms in total. The third-order valence-electron chi connectivity index (χ3n) is 5.82. The standard InChI is InChI=1S/C25H26Cl2N4OS.ClH/c1-16(23-11-18(12-28-23)9-17-7-8-21(26)22(27)10-17)31-24(32)15-33-25-29-13-20(14-30-25)19-5-3-2-4-6-19;/h2-8,10,13-14,16,18,23,28H,9,11-12,15H2,1H3,(H,31,32);1H/t16?,18-,23+;/m0./s1. The molecule has 2 heterocycles. The predicted molar refractivity (Wildman–Crippen MR) is 143 cm³/mol. The van der Waals surface area contributed by atoms with Gasteiger partial charge in [0.2, 0.25) is 5.91 Å². The molecular weight excluding hydrogens is 511 g/mol. The van der Waals surface area contributed by atoms with E-state index < -0.39 is 0 Å². The SMILES string of the molecule is CC(NC(=O)CSc1ncc(-c2ccccc2)cn1)[C@H]1C[C@H](Cc2ccc(Cl)c(Cl)c2)CN1.Cl. The van der Waals surface area contributed by atoms with Crippen molar-refractivity contribution >= 4 is 53.3 Å². The van der Waals surface area contributed by atoms with Gasteiger partial charge in [-0.25, -0.2) is 9.97 Å². The summed E-state index contributed by atoms with van der Waals surface area (Å²) in [6.45, 7) is 2.97. The van der Waals surface area contributed by atoms with E-state index in [-0.39, 0.29) is 36.2 Å². The minimum Gasteiger partial charge on any atom is -0.351 e. The van der Waals surface area contributed by atoms with Crippen LogP contribution in [0.15, 0.2) is 66.1 Å². The Kier molecular flexibility index (Phi) is 10.0. The van der Waals surface area contributed by atoms with E-state index in [1.165, 1.54) is 17.3 Å². The molecule has 1 aliphatic rings. The second-order valence-corrected chi connectivity index (χ2v) is 10.1. The molecule has 0 bridgehead atoms. The van der Waals surface area contributed by atoms with E-state index in [0.717, 1.165) is 30.5 Å². The fourth-order valence-corrected chi connectivity index (χ4v) is 5.00. The lowest BCUT2D eigenvalue weighted by atomic mass is 9.95. The molecular formula is C25H27Cl3N4OS. The number of hydrogen-bond donors (Lipinski definition) is 2. The van der Waals surface area contributed by atoms with E-state index in [1.54, 1.807) is 12.4 Å². The molecule has 0 saturated carbocycles. The molecule has 2 N–H and O–H groups in total. The molecule has 1 aromatic heterocycles. The van der Waals surface area contributed by atoms with Crippen molar-refractivity contribution in [3.63, 3.8) is 0 Å². The number of nitrogens with one attached hydrogen (secondary N) is 2. The summed E-state index contributed by atoms with van der Waals surface area (Å²) in [5, 5.41) is 8.43. The predicted octanol–water partition coefficient (Wildman–Crippen LogP) is 5.69. The summed E-state index contributed by atoms with van der Waals surface area (Å²) in [6.07, 6.45) is 5.52. The monoisotopic (exact) mass is 536 g/mol. The Morgan fingerprint density at radius 2 is 1.85 bits per heavy atom. The number of carbonyl (C=O) groups excluding carboxylic acids is 1. The van der Waals surface area contributed by atoms with Gasteiger partial charge in [0.05, 0.1) is 15.8 Å². The van der Waals surface area contributed by atoms with Gasteiger partial charge in [-0.2, -0.15) is 0 Å². The number of halogens is 3. The summed E-state index contributed by atoms with van der Waals surface area (Å²) >= 11 is 13.5. The Morgan fingerprint density at radius 1 is 1.12 bits per heavy atom. The summed E-state index contributed by atoms with van der Waals surface area (Å²) in [5.41, 5.74) is 3.21. The first kappa shape index (κ1) is 26.8. The highest BCUT2D eigenvalue weighted by molar-refractivity contribution is 7.99. The molecule has 9 heteroatoms. The first-order chi connectivity index (χ1) is 16.0.